The standard InChI is InChI=1S/C12H21N3O3/c1-5-6-9-10(11(16)17)13-14-15(9)7-8-18-12(2,3)4/h5-8H2,1-4H3,(H,16,17). The molecule has 0 amide bonds. The van der Waals surface area contributed by atoms with Crippen molar-refractivity contribution in [2.24, 2.45) is 0 Å². The molecule has 0 fully saturated rings. The lowest BCUT2D eigenvalue weighted by Gasteiger charge is -2.19. The Kier molecular flexibility index (Phi) is 4.84. The van der Waals surface area contributed by atoms with E-state index in [1.165, 1.54) is 0 Å². The van der Waals surface area contributed by atoms with Gasteiger partial charge in [-0.05, 0) is 27.2 Å². The van der Waals surface area contributed by atoms with E-state index in [-0.39, 0.29) is 11.3 Å². The van der Waals surface area contributed by atoms with Crippen molar-refractivity contribution in [2.45, 2.75) is 52.7 Å². The van der Waals surface area contributed by atoms with Crippen LogP contribution < -0.4 is 0 Å². The molecule has 102 valence electrons. The van der Waals surface area contributed by atoms with Crippen molar-refractivity contribution in [1.29, 1.82) is 0 Å². The van der Waals surface area contributed by atoms with Crippen LogP contribution in [0.2, 0.25) is 0 Å². The Labute approximate surface area is 107 Å². The molecule has 0 aliphatic carbocycles. The van der Waals surface area contributed by atoms with Crippen molar-refractivity contribution in [3.05, 3.63) is 11.4 Å². The number of rotatable bonds is 6. The van der Waals surface area contributed by atoms with Gasteiger partial charge in [0.2, 0.25) is 0 Å². The van der Waals surface area contributed by atoms with E-state index in [1.54, 1.807) is 4.68 Å². The Bertz CT molecular complexity index is 407. The van der Waals surface area contributed by atoms with Gasteiger partial charge >= 0.3 is 5.97 Å². The normalized spacial score (nSPS) is 11.8. The van der Waals surface area contributed by atoms with E-state index in [0.29, 0.717) is 25.3 Å². The Morgan fingerprint density at radius 2 is 2.11 bits per heavy atom. The fraction of sp³-hybridized carbons (Fsp3) is 0.750. The third-order valence-electron chi connectivity index (χ3n) is 2.37. The van der Waals surface area contributed by atoms with E-state index in [1.807, 2.05) is 27.7 Å². The summed E-state index contributed by atoms with van der Waals surface area (Å²) in [5, 5.41) is 16.6. The van der Waals surface area contributed by atoms with Crippen LogP contribution in [0.25, 0.3) is 0 Å². The second kappa shape index (κ2) is 5.95. The van der Waals surface area contributed by atoms with Crippen LogP contribution in [0.15, 0.2) is 0 Å². The van der Waals surface area contributed by atoms with E-state index in [4.69, 9.17) is 9.84 Å². The number of carboxylic acids is 1. The summed E-state index contributed by atoms with van der Waals surface area (Å²) in [7, 11) is 0. The second-order valence-electron chi connectivity index (χ2n) is 5.12. The number of nitrogens with zero attached hydrogens (tertiary/aromatic N) is 3. The van der Waals surface area contributed by atoms with Crippen molar-refractivity contribution in [1.82, 2.24) is 15.0 Å². The summed E-state index contributed by atoms with van der Waals surface area (Å²) in [5.74, 6) is -1.03. The quantitative estimate of drug-likeness (QED) is 0.837. The fourth-order valence-corrected chi connectivity index (χ4v) is 1.60. The Morgan fingerprint density at radius 1 is 1.44 bits per heavy atom. The summed E-state index contributed by atoms with van der Waals surface area (Å²) >= 11 is 0. The van der Waals surface area contributed by atoms with E-state index >= 15 is 0 Å². The summed E-state index contributed by atoms with van der Waals surface area (Å²) < 4.78 is 7.22. The lowest BCUT2D eigenvalue weighted by molar-refractivity contribution is -0.00833. The number of hydrogen-bond acceptors (Lipinski definition) is 4. The molecule has 0 saturated carbocycles. The average molecular weight is 255 g/mol. The molecular formula is C12H21N3O3. The minimum atomic E-state index is -1.03. The molecule has 0 bridgehead atoms. The molecule has 0 radical (unpaired) electrons. The number of hydrogen-bond donors (Lipinski definition) is 1. The second-order valence-corrected chi connectivity index (χ2v) is 5.12. The maximum atomic E-state index is 11.0. The summed E-state index contributed by atoms with van der Waals surface area (Å²) in [4.78, 5) is 11.0. The highest BCUT2D eigenvalue weighted by atomic mass is 16.5. The van der Waals surface area contributed by atoms with Crippen molar-refractivity contribution >= 4 is 5.97 Å². The molecule has 0 unspecified atom stereocenters. The Hall–Kier alpha value is -1.43. The highest BCUT2D eigenvalue weighted by molar-refractivity contribution is 5.86. The highest BCUT2D eigenvalue weighted by Crippen LogP contribution is 2.10. The first-order valence-corrected chi connectivity index (χ1v) is 6.14. The third-order valence-corrected chi connectivity index (χ3v) is 2.37. The number of carbonyl (C=O) groups is 1. The zero-order chi connectivity index (χ0) is 13.8. The third kappa shape index (κ3) is 4.10. The molecule has 6 heteroatoms. The summed E-state index contributed by atoms with van der Waals surface area (Å²) in [6, 6.07) is 0. The minimum absolute atomic E-state index is 0.0487. The molecule has 0 aliphatic heterocycles. The molecule has 1 aromatic heterocycles. The number of carboxylic acid groups (broad SMARTS) is 1. The Morgan fingerprint density at radius 3 is 2.61 bits per heavy atom. The molecule has 1 heterocycles. The predicted octanol–water partition coefficient (Wildman–Crippen LogP) is 1.74. The van der Waals surface area contributed by atoms with Crippen LogP contribution in [-0.2, 0) is 17.7 Å². The first-order valence-electron chi connectivity index (χ1n) is 6.14. The van der Waals surface area contributed by atoms with Gasteiger partial charge < -0.3 is 9.84 Å². The zero-order valence-corrected chi connectivity index (χ0v) is 11.4. The topological polar surface area (TPSA) is 77.2 Å². The molecule has 1 N–H and O–H groups in total. The van der Waals surface area contributed by atoms with Gasteiger partial charge in [-0.1, -0.05) is 18.6 Å². The molecule has 1 rings (SSSR count). The average Bonchev–Trinajstić information content (AvgIpc) is 2.60. The van der Waals surface area contributed by atoms with Crippen LogP contribution in [0.5, 0.6) is 0 Å². The molecule has 0 aromatic carbocycles. The lowest BCUT2D eigenvalue weighted by Crippen LogP contribution is -2.22. The number of aromatic carboxylic acids is 1. The molecule has 6 nitrogen and oxygen atoms in total. The molecule has 0 atom stereocenters. The van der Waals surface area contributed by atoms with Crippen molar-refractivity contribution in [3.63, 3.8) is 0 Å². The smallest absolute Gasteiger partial charge is 0.358 e. The van der Waals surface area contributed by atoms with Crippen LogP contribution in [-0.4, -0.2) is 38.3 Å². The van der Waals surface area contributed by atoms with Gasteiger partial charge in [0.25, 0.3) is 0 Å². The van der Waals surface area contributed by atoms with Crippen LogP contribution in [0.3, 0.4) is 0 Å². The van der Waals surface area contributed by atoms with Gasteiger partial charge in [-0.25, -0.2) is 9.48 Å². The highest BCUT2D eigenvalue weighted by Gasteiger charge is 2.18. The first-order chi connectivity index (χ1) is 8.35. The van der Waals surface area contributed by atoms with E-state index in [9.17, 15) is 4.79 Å². The van der Waals surface area contributed by atoms with Crippen LogP contribution in [0, 0.1) is 0 Å². The molecule has 18 heavy (non-hydrogen) atoms. The summed E-state index contributed by atoms with van der Waals surface area (Å²) in [6.07, 6.45) is 1.51. The van der Waals surface area contributed by atoms with E-state index in [2.05, 4.69) is 10.3 Å². The lowest BCUT2D eigenvalue weighted by atomic mass is 10.2. The monoisotopic (exact) mass is 255 g/mol. The molecule has 0 spiro atoms. The molecule has 0 aliphatic rings. The maximum Gasteiger partial charge on any atom is 0.358 e. The van der Waals surface area contributed by atoms with Gasteiger partial charge in [0.1, 0.15) is 0 Å². The van der Waals surface area contributed by atoms with Crippen LogP contribution in [0.1, 0.15) is 50.3 Å². The summed E-state index contributed by atoms with van der Waals surface area (Å²) in [6.45, 7) is 8.93. The van der Waals surface area contributed by atoms with Gasteiger partial charge in [-0.3, -0.25) is 0 Å². The molecular weight excluding hydrogens is 234 g/mol. The molecule has 1 aromatic rings. The van der Waals surface area contributed by atoms with Gasteiger partial charge in [0.05, 0.1) is 24.4 Å². The van der Waals surface area contributed by atoms with Gasteiger partial charge in [-0.15, -0.1) is 5.10 Å². The minimum Gasteiger partial charge on any atom is -0.476 e. The van der Waals surface area contributed by atoms with E-state index < -0.39 is 5.97 Å². The fourth-order valence-electron chi connectivity index (χ4n) is 1.60. The van der Waals surface area contributed by atoms with Gasteiger partial charge in [-0.2, -0.15) is 0 Å². The number of ether oxygens (including phenoxy) is 1. The molecule has 0 saturated heterocycles. The van der Waals surface area contributed by atoms with Crippen molar-refractivity contribution in [3.8, 4) is 0 Å². The van der Waals surface area contributed by atoms with Gasteiger partial charge in [0, 0.05) is 0 Å². The SMILES string of the molecule is CCCc1c(C(=O)O)nnn1CCOC(C)(C)C. The van der Waals surface area contributed by atoms with Crippen molar-refractivity contribution in [2.75, 3.05) is 6.61 Å². The Balaban J connectivity index is 2.73. The predicted molar refractivity (Wildman–Crippen MR) is 66.7 cm³/mol. The number of aromatic nitrogens is 3. The largest absolute Gasteiger partial charge is 0.476 e. The zero-order valence-electron chi connectivity index (χ0n) is 11.4. The van der Waals surface area contributed by atoms with Gasteiger partial charge in [0.15, 0.2) is 5.69 Å². The van der Waals surface area contributed by atoms with Crippen LogP contribution >= 0.6 is 0 Å². The summed E-state index contributed by atoms with van der Waals surface area (Å²) in [5.41, 5.74) is 0.510. The first kappa shape index (κ1) is 14.6. The maximum absolute atomic E-state index is 11.0. The van der Waals surface area contributed by atoms with E-state index in [0.717, 1.165) is 6.42 Å². The van der Waals surface area contributed by atoms with Crippen molar-refractivity contribution < 1.29 is 14.6 Å². The van der Waals surface area contributed by atoms with Crippen LogP contribution in [0.4, 0.5) is 0 Å².